The van der Waals surface area contributed by atoms with Gasteiger partial charge in [-0.3, -0.25) is 19.5 Å². The molecular formula is C16H21N5O2. The topological polar surface area (TPSA) is 78.4 Å². The Hall–Kier alpha value is -2.02. The summed E-state index contributed by atoms with van der Waals surface area (Å²) in [5.41, 5.74) is 0.421. The minimum absolute atomic E-state index is 0.0258. The molecular weight excluding hydrogens is 294 g/mol. The van der Waals surface area contributed by atoms with Crippen molar-refractivity contribution in [3.8, 4) is 0 Å². The number of rotatable bonds is 2. The minimum Gasteiger partial charge on any atom is -0.352 e. The van der Waals surface area contributed by atoms with Crippen molar-refractivity contribution in [3.63, 3.8) is 0 Å². The zero-order valence-corrected chi connectivity index (χ0v) is 13.0. The van der Waals surface area contributed by atoms with Crippen LogP contribution in [0.25, 0.3) is 0 Å². The Bertz CT molecular complexity index is 584. The van der Waals surface area contributed by atoms with Gasteiger partial charge in [0.05, 0.1) is 6.20 Å². The van der Waals surface area contributed by atoms with E-state index in [1.165, 1.54) is 6.20 Å². The van der Waals surface area contributed by atoms with Crippen molar-refractivity contribution in [1.29, 1.82) is 0 Å². The molecule has 122 valence electrons. The maximum atomic E-state index is 12.4. The smallest absolute Gasteiger partial charge is 0.274 e. The van der Waals surface area contributed by atoms with E-state index in [0.717, 1.165) is 39.0 Å². The molecule has 7 nitrogen and oxygen atoms in total. The van der Waals surface area contributed by atoms with E-state index < -0.39 is 0 Å². The van der Waals surface area contributed by atoms with Crippen LogP contribution in [0.2, 0.25) is 0 Å². The van der Waals surface area contributed by atoms with Gasteiger partial charge in [0.15, 0.2) is 0 Å². The van der Waals surface area contributed by atoms with Crippen LogP contribution in [-0.2, 0) is 4.79 Å². The fourth-order valence-electron chi connectivity index (χ4n) is 4.08. The molecule has 4 heterocycles. The fraction of sp³-hybridized carbons (Fsp3) is 0.625. The standard InChI is InChI=1S/C16H21N5O2/c22-15-7-11-9-21(10-14(11)19-15)12-1-5-20(6-2-12)16(23)13-8-17-3-4-18-13/h3-4,8,11-12,14H,1-2,5-7,9-10H2,(H,19,22)/t11-,14+/m0/s1. The number of fused-ring (bicyclic) bond motifs is 1. The van der Waals surface area contributed by atoms with Crippen LogP contribution >= 0.6 is 0 Å². The number of nitrogens with zero attached hydrogens (tertiary/aromatic N) is 4. The number of carbonyl (C=O) groups excluding carboxylic acids is 2. The zero-order valence-electron chi connectivity index (χ0n) is 13.0. The molecule has 23 heavy (non-hydrogen) atoms. The highest BCUT2D eigenvalue weighted by molar-refractivity contribution is 5.92. The third-order valence-corrected chi connectivity index (χ3v) is 5.31. The van der Waals surface area contributed by atoms with Gasteiger partial charge in [0.2, 0.25) is 5.91 Å². The van der Waals surface area contributed by atoms with Gasteiger partial charge < -0.3 is 10.2 Å². The second-order valence-electron chi connectivity index (χ2n) is 6.71. The third kappa shape index (κ3) is 2.81. The van der Waals surface area contributed by atoms with Gasteiger partial charge in [-0.05, 0) is 12.8 Å². The fourth-order valence-corrected chi connectivity index (χ4v) is 4.08. The molecule has 3 aliphatic rings. The van der Waals surface area contributed by atoms with E-state index in [9.17, 15) is 9.59 Å². The van der Waals surface area contributed by atoms with Gasteiger partial charge in [-0.1, -0.05) is 0 Å². The minimum atomic E-state index is -0.0258. The summed E-state index contributed by atoms with van der Waals surface area (Å²) in [6.45, 7) is 3.49. The molecule has 2 amide bonds. The van der Waals surface area contributed by atoms with Gasteiger partial charge in [0.25, 0.3) is 5.91 Å². The first-order valence-corrected chi connectivity index (χ1v) is 8.29. The van der Waals surface area contributed by atoms with Gasteiger partial charge in [-0.2, -0.15) is 0 Å². The number of carbonyl (C=O) groups is 2. The van der Waals surface area contributed by atoms with Crippen LogP contribution in [0.5, 0.6) is 0 Å². The SMILES string of the molecule is O=C1C[C@H]2CN(C3CCN(C(=O)c4cnccn4)CC3)C[C@H]2N1. The zero-order chi connectivity index (χ0) is 15.8. The van der Waals surface area contributed by atoms with Crippen molar-refractivity contribution in [3.05, 3.63) is 24.3 Å². The largest absolute Gasteiger partial charge is 0.352 e. The molecule has 0 saturated carbocycles. The average molecular weight is 315 g/mol. The highest BCUT2D eigenvalue weighted by Gasteiger charge is 2.42. The van der Waals surface area contributed by atoms with E-state index in [0.29, 0.717) is 30.1 Å². The summed E-state index contributed by atoms with van der Waals surface area (Å²) in [5, 5.41) is 3.07. The van der Waals surface area contributed by atoms with Crippen molar-refractivity contribution in [1.82, 2.24) is 25.1 Å². The second-order valence-corrected chi connectivity index (χ2v) is 6.71. The van der Waals surface area contributed by atoms with Crippen LogP contribution in [0.4, 0.5) is 0 Å². The molecule has 3 aliphatic heterocycles. The maximum Gasteiger partial charge on any atom is 0.274 e. The van der Waals surface area contributed by atoms with Crippen LogP contribution in [0.3, 0.4) is 0 Å². The molecule has 1 N–H and O–H groups in total. The van der Waals surface area contributed by atoms with Crippen LogP contribution in [0.15, 0.2) is 18.6 Å². The number of likely N-dealkylation sites (tertiary alicyclic amines) is 2. The Morgan fingerprint density at radius 2 is 2.04 bits per heavy atom. The van der Waals surface area contributed by atoms with Gasteiger partial charge in [0, 0.05) is 63.0 Å². The average Bonchev–Trinajstić information content (AvgIpc) is 3.12. The molecule has 0 aliphatic carbocycles. The van der Waals surface area contributed by atoms with E-state index >= 15 is 0 Å². The molecule has 3 fully saturated rings. The molecule has 3 saturated heterocycles. The predicted molar refractivity (Wildman–Crippen MR) is 82.6 cm³/mol. The predicted octanol–water partition coefficient (Wildman–Crippen LogP) is -0.0985. The molecule has 1 aromatic heterocycles. The summed E-state index contributed by atoms with van der Waals surface area (Å²) in [7, 11) is 0. The number of nitrogens with one attached hydrogen (secondary N) is 1. The Kier molecular flexibility index (Phi) is 3.72. The highest BCUT2D eigenvalue weighted by atomic mass is 16.2. The number of hydrogen-bond donors (Lipinski definition) is 1. The lowest BCUT2D eigenvalue weighted by Gasteiger charge is -2.36. The van der Waals surface area contributed by atoms with Crippen molar-refractivity contribution in [2.75, 3.05) is 26.2 Å². The van der Waals surface area contributed by atoms with Gasteiger partial charge >= 0.3 is 0 Å². The first-order chi connectivity index (χ1) is 11.2. The third-order valence-electron chi connectivity index (χ3n) is 5.31. The normalized spacial score (nSPS) is 28.7. The van der Waals surface area contributed by atoms with Crippen molar-refractivity contribution in [2.45, 2.75) is 31.3 Å². The number of aromatic nitrogens is 2. The Balaban J connectivity index is 1.32. The summed E-state index contributed by atoms with van der Waals surface area (Å²) in [6.07, 6.45) is 7.30. The van der Waals surface area contributed by atoms with E-state index in [1.807, 2.05) is 4.90 Å². The lowest BCUT2D eigenvalue weighted by molar-refractivity contribution is -0.119. The van der Waals surface area contributed by atoms with E-state index in [4.69, 9.17) is 0 Å². The molecule has 1 aromatic rings. The summed E-state index contributed by atoms with van der Waals surface area (Å²) in [6, 6.07) is 0.852. The number of hydrogen-bond acceptors (Lipinski definition) is 5. The van der Waals surface area contributed by atoms with Crippen molar-refractivity contribution >= 4 is 11.8 Å². The van der Waals surface area contributed by atoms with Crippen molar-refractivity contribution in [2.24, 2.45) is 5.92 Å². The van der Waals surface area contributed by atoms with Crippen LogP contribution in [0, 0.1) is 5.92 Å². The molecule has 7 heteroatoms. The molecule has 0 radical (unpaired) electrons. The first kappa shape index (κ1) is 14.6. The lowest BCUT2D eigenvalue weighted by atomic mass is 10.0. The summed E-state index contributed by atoms with van der Waals surface area (Å²) < 4.78 is 0. The Morgan fingerprint density at radius 1 is 1.22 bits per heavy atom. The van der Waals surface area contributed by atoms with Crippen LogP contribution in [0.1, 0.15) is 29.8 Å². The molecule has 4 rings (SSSR count). The molecule has 0 spiro atoms. The molecule has 0 bridgehead atoms. The number of piperidine rings is 1. The van der Waals surface area contributed by atoms with Crippen molar-refractivity contribution < 1.29 is 9.59 Å². The van der Waals surface area contributed by atoms with Crippen LogP contribution in [-0.4, -0.2) is 69.8 Å². The Labute approximate surface area is 135 Å². The lowest BCUT2D eigenvalue weighted by Crippen LogP contribution is -2.47. The van der Waals surface area contributed by atoms with E-state index in [1.54, 1.807) is 12.4 Å². The number of amides is 2. The quantitative estimate of drug-likeness (QED) is 0.825. The maximum absolute atomic E-state index is 12.4. The Morgan fingerprint density at radius 3 is 2.74 bits per heavy atom. The monoisotopic (exact) mass is 315 g/mol. The first-order valence-electron chi connectivity index (χ1n) is 8.29. The second kappa shape index (κ2) is 5.88. The van der Waals surface area contributed by atoms with E-state index in [-0.39, 0.29) is 11.8 Å². The highest BCUT2D eigenvalue weighted by Crippen LogP contribution is 2.29. The molecule has 0 unspecified atom stereocenters. The molecule has 0 aromatic carbocycles. The summed E-state index contributed by atoms with van der Waals surface area (Å²) in [4.78, 5) is 36.2. The summed E-state index contributed by atoms with van der Waals surface area (Å²) in [5.74, 6) is 0.646. The van der Waals surface area contributed by atoms with Crippen LogP contribution < -0.4 is 5.32 Å². The van der Waals surface area contributed by atoms with Gasteiger partial charge in [-0.25, -0.2) is 4.98 Å². The summed E-state index contributed by atoms with van der Waals surface area (Å²) >= 11 is 0. The molecule has 2 atom stereocenters. The van der Waals surface area contributed by atoms with Gasteiger partial charge in [-0.15, -0.1) is 0 Å². The van der Waals surface area contributed by atoms with E-state index in [2.05, 4.69) is 20.2 Å². The van der Waals surface area contributed by atoms with Gasteiger partial charge in [0.1, 0.15) is 5.69 Å².